The molecule has 37 heavy (non-hydrogen) atoms. The first kappa shape index (κ1) is 35.9. The molecule has 0 unspecified atom stereocenters. The van der Waals surface area contributed by atoms with Crippen LogP contribution >= 0.6 is 23.3 Å². The number of likely N-dealkylation sites (tertiary alicyclic amines) is 1. The van der Waals surface area contributed by atoms with E-state index >= 15 is 0 Å². The van der Waals surface area contributed by atoms with Gasteiger partial charge in [0.15, 0.2) is 0 Å². The van der Waals surface area contributed by atoms with Gasteiger partial charge in [-0.05, 0) is 61.5 Å². The van der Waals surface area contributed by atoms with Gasteiger partial charge in [0.05, 0.1) is 12.2 Å². The number of rotatable bonds is 7. The molecular formula is C27H33CsN3O4S2-. The SMILES string of the molecule is CCOC(=O)c1cc(-c2ccccc2)sc1NC=O.NSc1cccc(C(=O)N2CCCC2)c1.[CH3-].[CH3-].[Cs+]. The van der Waals surface area contributed by atoms with Gasteiger partial charge >= 0.3 is 74.9 Å². The largest absolute Gasteiger partial charge is 1.00 e. The second-order valence-electron chi connectivity index (χ2n) is 7.35. The Hall–Kier alpha value is -1.09. The van der Waals surface area contributed by atoms with E-state index in [1.54, 1.807) is 13.0 Å². The van der Waals surface area contributed by atoms with Crippen LogP contribution in [0, 0.1) is 14.9 Å². The smallest absolute Gasteiger partial charge is 0.462 e. The molecule has 3 aromatic rings. The van der Waals surface area contributed by atoms with Crippen LogP contribution in [0.15, 0.2) is 65.6 Å². The van der Waals surface area contributed by atoms with Crippen LogP contribution in [0.1, 0.15) is 40.5 Å². The van der Waals surface area contributed by atoms with Crippen molar-refractivity contribution in [1.82, 2.24) is 4.90 Å². The van der Waals surface area contributed by atoms with Crippen molar-refractivity contribution in [1.29, 1.82) is 0 Å². The fraction of sp³-hybridized carbons (Fsp3) is 0.222. The number of ether oxygens (including phenoxy) is 1. The van der Waals surface area contributed by atoms with Gasteiger partial charge in [0.25, 0.3) is 5.91 Å². The third-order valence-corrected chi connectivity index (χ3v) is 6.73. The molecule has 1 aliphatic rings. The van der Waals surface area contributed by atoms with E-state index < -0.39 is 5.97 Å². The summed E-state index contributed by atoms with van der Waals surface area (Å²) >= 11 is 2.52. The third-order valence-electron chi connectivity index (χ3n) is 5.09. The number of nitrogens with two attached hydrogens (primary N) is 1. The summed E-state index contributed by atoms with van der Waals surface area (Å²) in [6.07, 6.45) is 2.80. The maximum absolute atomic E-state index is 12.0. The summed E-state index contributed by atoms with van der Waals surface area (Å²) in [7, 11) is 0. The Kier molecular flexibility index (Phi) is 18.5. The zero-order valence-corrected chi connectivity index (χ0v) is 29.8. The van der Waals surface area contributed by atoms with Gasteiger partial charge in [-0.2, -0.15) is 0 Å². The number of carbonyl (C=O) groups is 3. The van der Waals surface area contributed by atoms with Gasteiger partial charge in [-0.1, -0.05) is 36.4 Å². The van der Waals surface area contributed by atoms with Crippen LogP contribution in [-0.2, 0) is 9.53 Å². The van der Waals surface area contributed by atoms with Crippen LogP contribution in [0.3, 0.4) is 0 Å². The average molecular weight is 661 g/mol. The first-order chi connectivity index (χ1) is 16.6. The Balaban J connectivity index is 0.000000662. The summed E-state index contributed by atoms with van der Waals surface area (Å²) in [5.74, 6) is -0.298. The zero-order chi connectivity index (χ0) is 24.3. The van der Waals surface area contributed by atoms with E-state index in [-0.39, 0.29) is 89.7 Å². The normalized spacial score (nSPS) is 11.5. The van der Waals surface area contributed by atoms with Gasteiger partial charge in [0.1, 0.15) is 5.00 Å². The average Bonchev–Trinajstić information content (AvgIpc) is 3.56. The molecule has 0 atom stereocenters. The summed E-state index contributed by atoms with van der Waals surface area (Å²) < 4.78 is 4.98. The van der Waals surface area contributed by atoms with Gasteiger partial charge in [-0.15, -0.1) is 11.3 Å². The van der Waals surface area contributed by atoms with Gasteiger partial charge < -0.3 is 29.8 Å². The van der Waals surface area contributed by atoms with Gasteiger partial charge in [0, 0.05) is 28.4 Å². The molecule has 2 aromatic carbocycles. The topological polar surface area (TPSA) is 102 Å². The minimum Gasteiger partial charge on any atom is -0.462 e. The van der Waals surface area contributed by atoms with E-state index in [1.165, 1.54) is 23.3 Å². The molecule has 0 bridgehead atoms. The first-order valence-corrected chi connectivity index (χ1v) is 12.6. The summed E-state index contributed by atoms with van der Waals surface area (Å²) in [5.41, 5.74) is 2.13. The predicted molar refractivity (Wildman–Crippen MR) is 150 cm³/mol. The van der Waals surface area contributed by atoms with Crippen LogP contribution in [-0.4, -0.2) is 42.9 Å². The molecule has 7 nitrogen and oxygen atoms in total. The fourth-order valence-corrected chi connectivity index (χ4v) is 4.82. The Labute approximate surface area is 287 Å². The van der Waals surface area contributed by atoms with E-state index in [1.807, 2.05) is 59.5 Å². The number of amides is 2. The van der Waals surface area contributed by atoms with Gasteiger partial charge in [-0.3, -0.25) is 14.7 Å². The second-order valence-corrected chi connectivity index (χ2v) is 9.11. The van der Waals surface area contributed by atoms with Crippen molar-refractivity contribution in [3.05, 3.63) is 86.6 Å². The molecule has 1 aromatic heterocycles. The summed E-state index contributed by atoms with van der Waals surface area (Å²) in [6.45, 7) is 3.82. The predicted octanol–water partition coefficient (Wildman–Crippen LogP) is 2.95. The molecule has 1 saturated heterocycles. The minimum atomic E-state index is -0.426. The van der Waals surface area contributed by atoms with Crippen molar-refractivity contribution >= 4 is 46.6 Å². The maximum Gasteiger partial charge on any atom is 1.00 e. The van der Waals surface area contributed by atoms with E-state index in [9.17, 15) is 14.4 Å². The van der Waals surface area contributed by atoms with E-state index in [2.05, 4.69) is 5.32 Å². The summed E-state index contributed by atoms with van der Waals surface area (Å²) in [4.78, 5) is 38.1. The van der Waals surface area contributed by atoms with Crippen LogP contribution in [0.4, 0.5) is 5.00 Å². The molecule has 194 valence electrons. The molecule has 0 aliphatic carbocycles. The number of benzene rings is 2. The number of esters is 1. The van der Waals surface area contributed by atoms with E-state index in [4.69, 9.17) is 9.88 Å². The summed E-state index contributed by atoms with van der Waals surface area (Å²) in [6, 6.07) is 18.9. The molecule has 3 N–H and O–H groups in total. The molecule has 2 heterocycles. The Morgan fingerprint density at radius 1 is 1.08 bits per heavy atom. The number of hydrogen-bond donors (Lipinski definition) is 2. The Morgan fingerprint density at radius 2 is 1.76 bits per heavy atom. The quantitative estimate of drug-likeness (QED) is 0.175. The molecule has 10 heteroatoms. The zero-order valence-electron chi connectivity index (χ0n) is 21.9. The third kappa shape index (κ3) is 10.5. The van der Waals surface area contributed by atoms with Gasteiger partial charge in [0.2, 0.25) is 6.41 Å². The number of nitrogens with zero attached hydrogens (tertiary/aromatic N) is 1. The van der Waals surface area contributed by atoms with Crippen molar-refractivity contribution < 1.29 is 88.0 Å². The van der Waals surface area contributed by atoms with Crippen LogP contribution in [0.25, 0.3) is 10.4 Å². The Bertz CT molecular complexity index is 1120. The van der Waals surface area contributed by atoms with E-state index in [0.29, 0.717) is 23.6 Å². The maximum atomic E-state index is 12.0. The van der Waals surface area contributed by atoms with Crippen LogP contribution in [0.5, 0.6) is 0 Å². The number of carbonyl (C=O) groups excluding carboxylic acids is 3. The van der Waals surface area contributed by atoms with Crippen molar-refractivity contribution in [2.75, 3.05) is 25.0 Å². The fourth-order valence-electron chi connectivity index (χ4n) is 3.46. The van der Waals surface area contributed by atoms with Crippen molar-refractivity contribution in [3.63, 3.8) is 0 Å². The number of anilines is 1. The van der Waals surface area contributed by atoms with Crippen LogP contribution in [0.2, 0.25) is 0 Å². The molecule has 2 amide bonds. The molecular weight excluding hydrogens is 627 g/mol. The molecule has 0 saturated carbocycles. The number of hydrogen-bond acceptors (Lipinski definition) is 7. The minimum absolute atomic E-state index is 0. The van der Waals surface area contributed by atoms with Crippen molar-refractivity contribution in [3.8, 4) is 10.4 Å². The molecule has 0 radical (unpaired) electrons. The standard InChI is InChI=1S/C14H13NO3S.C11H14N2OS.2CH3.Cs/c1-2-18-14(17)11-8-12(19-13(11)15-9-16)10-6-4-3-5-7-10;12-15-10-5-3-4-9(8-10)11(14)13-6-1-2-7-13;;;/h3-9H,2H2,1H3,(H,15,16);3-5,8H,1-2,6-7,12H2;2*1H3;/q;;2*-1;+1. The summed E-state index contributed by atoms with van der Waals surface area (Å²) in [5, 5.41) is 8.51. The Morgan fingerprint density at radius 3 is 2.35 bits per heavy atom. The van der Waals surface area contributed by atoms with E-state index in [0.717, 1.165) is 46.8 Å². The van der Waals surface area contributed by atoms with Gasteiger partial charge in [-0.25, -0.2) is 4.79 Å². The molecule has 1 aliphatic heterocycles. The van der Waals surface area contributed by atoms with Crippen molar-refractivity contribution in [2.45, 2.75) is 24.7 Å². The number of nitrogens with one attached hydrogen (secondary N) is 1. The van der Waals surface area contributed by atoms with Crippen LogP contribution < -0.4 is 79.3 Å². The number of thiophene rings is 1. The molecule has 1 fully saturated rings. The molecule has 0 spiro atoms. The van der Waals surface area contributed by atoms with Crippen molar-refractivity contribution in [2.24, 2.45) is 5.14 Å². The molecule has 4 rings (SSSR count). The monoisotopic (exact) mass is 660 g/mol. The first-order valence-electron chi connectivity index (χ1n) is 10.9. The second kappa shape index (κ2) is 19.0.